The Balaban J connectivity index is 0.000000318. The molecule has 166 valence electrons. The highest BCUT2D eigenvalue weighted by Crippen LogP contribution is 2.36. The van der Waals surface area contributed by atoms with E-state index >= 15 is 0 Å². The van der Waals surface area contributed by atoms with Gasteiger partial charge in [0.1, 0.15) is 11.9 Å². The molecule has 3 aliphatic heterocycles. The topological polar surface area (TPSA) is 70.1 Å². The number of aliphatic carboxylic acids is 1. The van der Waals surface area contributed by atoms with E-state index < -0.39 is 12.1 Å². The zero-order chi connectivity index (χ0) is 21.9. The summed E-state index contributed by atoms with van der Waals surface area (Å²) < 4.78 is 51.3. The quantitative estimate of drug-likeness (QED) is 0.728. The molecule has 10 heteroatoms. The number of anilines is 1. The van der Waals surface area contributed by atoms with Crippen LogP contribution in [0.15, 0.2) is 24.3 Å². The monoisotopic (exact) mass is 432 g/mol. The minimum Gasteiger partial charge on any atom is -0.475 e. The molecule has 0 aliphatic carbocycles. The van der Waals surface area contributed by atoms with Crippen LogP contribution >= 0.6 is 0 Å². The van der Waals surface area contributed by atoms with Crippen molar-refractivity contribution in [1.29, 1.82) is 0 Å². The average molecular weight is 432 g/mol. The van der Waals surface area contributed by atoms with Gasteiger partial charge in [0.15, 0.2) is 0 Å². The number of halogens is 4. The van der Waals surface area contributed by atoms with E-state index in [1.165, 1.54) is 6.07 Å². The van der Waals surface area contributed by atoms with E-state index in [1.807, 2.05) is 11.0 Å². The fourth-order valence-corrected chi connectivity index (χ4v) is 4.14. The molecule has 1 aromatic rings. The van der Waals surface area contributed by atoms with Gasteiger partial charge in [-0.05, 0) is 49.8 Å². The van der Waals surface area contributed by atoms with Gasteiger partial charge in [-0.1, -0.05) is 6.07 Å². The number of ether oxygens (including phenoxy) is 1. The molecule has 3 aliphatic rings. The number of carbonyl (C=O) groups is 2. The Labute approximate surface area is 171 Å². The van der Waals surface area contributed by atoms with Crippen molar-refractivity contribution in [2.75, 3.05) is 31.1 Å². The van der Waals surface area contributed by atoms with Crippen LogP contribution in [0.5, 0.6) is 0 Å². The van der Waals surface area contributed by atoms with Crippen molar-refractivity contribution in [3.63, 3.8) is 0 Å². The van der Waals surface area contributed by atoms with Gasteiger partial charge in [0.25, 0.3) is 5.91 Å². The fourth-order valence-electron chi connectivity index (χ4n) is 4.14. The van der Waals surface area contributed by atoms with Crippen molar-refractivity contribution in [2.24, 2.45) is 5.92 Å². The van der Waals surface area contributed by atoms with E-state index in [9.17, 15) is 22.4 Å². The normalized spacial score (nSPS) is 26.1. The molecule has 1 amide bonds. The zero-order valence-corrected chi connectivity index (χ0v) is 16.3. The third-order valence-corrected chi connectivity index (χ3v) is 5.66. The lowest BCUT2D eigenvalue weighted by Crippen LogP contribution is -2.42. The minimum atomic E-state index is -5.08. The summed E-state index contributed by atoms with van der Waals surface area (Å²) >= 11 is 0. The molecule has 0 spiro atoms. The Bertz CT molecular complexity index is 767. The molecule has 6 nitrogen and oxygen atoms in total. The Morgan fingerprint density at radius 1 is 1.13 bits per heavy atom. The predicted molar refractivity (Wildman–Crippen MR) is 99.5 cm³/mol. The Morgan fingerprint density at radius 2 is 1.80 bits per heavy atom. The summed E-state index contributed by atoms with van der Waals surface area (Å²) in [4.78, 5) is 25.5. The average Bonchev–Trinajstić information content (AvgIpc) is 3.36. The lowest BCUT2D eigenvalue weighted by atomic mass is 9.91. The third-order valence-electron chi connectivity index (χ3n) is 5.66. The number of carboxylic acids is 1. The molecular weight excluding hydrogens is 408 g/mol. The highest BCUT2D eigenvalue weighted by atomic mass is 19.4. The van der Waals surface area contributed by atoms with Gasteiger partial charge >= 0.3 is 12.1 Å². The molecule has 0 bridgehead atoms. The van der Waals surface area contributed by atoms with Crippen LogP contribution in [0.1, 0.15) is 25.7 Å². The summed E-state index contributed by atoms with van der Waals surface area (Å²) in [6.07, 6.45) is -1.20. The maximum absolute atomic E-state index is 13.4. The highest BCUT2D eigenvalue weighted by Gasteiger charge is 2.43. The van der Waals surface area contributed by atoms with Crippen LogP contribution in [0.2, 0.25) is 0 Å². The van der Waals surface area contributed by atoms with Crippen LogP contribution in [0.3, 0.4) is 0 Å². The molecule has 0 saturated carbocycles. The molecule has 3 heterocycles. The standard InChI is InChI=1S/C18H23FN2O2.C2HF3O2/c19-14-4-3-5-15(11-14)21-9-6-13-10-16(23-17(13)12-21)18(22)20-7-1-2-8-20;3-2(4,5)1(6)7/h3-5,11,13,16-17H,1-2,6-10,12H2;(H,6,7)/t13-,16+,17+;/m0./s1. The van der Waals surface area contributed by atoms with Gasteiger partial charge in [-0.3, -0.25) is 4.79 Å². The van der Waals surface area contributed by atoms with Crippen molar-refractivity contribution >= 4 is 17.6 Å². The van der Waals surface area contributed by atoms with Crippen molar-refractivity contribution in [3.8, 4) is 0 Å². The largest absolute Gasteiger partial charge is 0.490 e. The van der Waals surface area contributed by atoms with Crippen LogP contribution in [-0.2, 0) is 14.3 Å². The molecule has 0 radical (unpaired) electrons. The summed E-state index contributed by atoms with van der Waals surface area (Å²) in [5.41, 5.74) is 0.904. The molecule has 0 unspecified atom stereocenters. The molecule has 3 atom stereocenters. The molecule has 1 aromatic carbocycles. The summed E-state index contributed by atoms with van der Waals surface area (Å²) in [6, 6.07) is 6.71. The van der Waals surface area contributed by atoms with Crippen molar-refractivity contribution < 1.29 is 37.0 Å². The smallest absolute Gasteiger partial charge is 0.475 e. The first-order valence-corrected chi connectivity index (χ1v) is 9.90. The van der Waals surface area contributed by atoms with Crippen molar-refractivity contribution in [1.82, 2.24) is 4.90 Å². The number of benzene rings is 1. The number of alkyl halides is 3. The maximum Gasteiger partial charge on any atom is 0.490 e. The Hall–Kier alpha value is -2.36. The van der Waals surface area contributed by atoms with Gasteiger partial charge < -0.3 is 19.6 Å². The number of likely N-dealkylation sites (tertiary alicyclic amines) is 1. The number of amides is 1. The second-order valence-electron chi connectivity index (χ2n) is 7.71. The van der Waals surface area contributed by atoms with Gasteiger partial charge in [-0.25, -0.2) is 9.18 Å². The van der Waals surface area contributed by atoms with E-state index in [1.54, 1.807) is 12.1 Å². The Morgan fingerprint density at radius 3 is 2.40 bits per heavy atom. The highest BCUT2D eigenvalue weighted by molar-refractivity contribution is 5.81. The lowest BCUT2D eigenvalue weighted by molar-refractivity contribution is -0.192. The first-order chi connectivity index (χ1) is 14.1. The number of rotatable bonds is 2. The molecular formula is C20H24F4N2O4. The number of nitrogens with zero attached hydrogens (tertiary/aromatic N) is 2. The van der Waals surface area contributed by atoms with Crippen LogP contribution < -0.4 is 4.90 Å². The van der Waals surface area contributed by atoms with Gasteiger partial charge in [-0.2, -0.15) is 13.2 Å². The number of fused-ring (bicyclic) bond motifs is 1. The van der Waals surface area contributed by atoms with Gasteiger partial charge in [0.2, 0.25) is 0 Å². The number of carboxylic acid groups (broad SMARTS) is 1. The van der Waals surface area contributed by atoms with Crippen LogP contribution in [0.4, 0.5) is 23.2 Å². The second-order valence-corrected chi connectivity index (χ2v) is 7.71. The van der Waals surface area contributed by atoms with Gasteiger partial charge in [-0.15, -0.1) is 0 Å². The molecule has 4 rings (SSSR count). The molecule has 1 N–H and O–H groups in total. The second kappa shape index (κ2) is 9.20. The molecule has 30 heavy (non-hydrogen) atoms. The molecule has 3 saturated heterocycles. The number of piperidine rings is 1. The first-order valence-electron chi connectivity index (χ1n) is 9.90. The van der Waals surface area contributed by atoms with Crippen LogP contribution in [0.25, 0.3) is 0 Å². The van der Waals surface area contributed by atoms with E-state index in [2.05, 4.69) is 4.90 Å². The summed E-state index contributed by atoms with van der Waals surface area (Å²) in [6.45, 7) is 3.41. The first kappa shape index (κ1) is 22.3. The van der Waals surface area contributed by atoms with Crippen molar-refractivity contribution in [2.45, 2.75) is 44.1 Å². The molecule has 3 fully saturated rings. The van der Waals surface area contributed by atoms with Crippen LogP contribution in [0, 0.1) is 11.7 Å². The van der Waals surface area contributed by atoms with E-state index in [0.717, 1.165) is 57.5 Å². The Kier molecular flexibility index (Phi) is 6.84. The molecule has 0 aromatic heterocycles. The summed E-state index contributed by atoms with van der Waals surface area (Å²) in [7, 11) is 0. The minimum absolute atomic E-state index is 0.0866. The lowest BCUT2D eigenvalue weighted by Gasteiger charge is -2.35. The maximum atomic E-state index is 13.4. The fraction of sp³-hybridized carbons (Fsp3) is 0.600. The van der Waals surface area contributed by atoms with Gasteiger partial charge in [0.05, 0.1) is 6.10 Å². The summed E-state index contributed by atoms with van der Waals surface area (Å²) in [5.74, 6) is -2.34. The number of carbonyl (C=O) groups excluding carboxylic acids is 1. The third kappa shape index (κ3) is 5.41. The van der Waals surface area contributed by atoms with Gasteiger partial charge in [0, 0.05) is 31.9 Å². The zero-order valence-electron chi connectivity index (χ0n) is 16.3. The summed E-state index contributed by atoms with van der Waals surface area (Å²) in [5, 5.41) is 7.12. The van der Waals surface area contributed by atoms with E-state index in [0.29, 0.717) is 5.92 Å². The van der Waals surface area contributed by atoms with Crippen molar-refractivity contribution in [3.05, 3.63) is 30.1 Å². The van der Waals surface area contributed by atoms with E-state index in [4.69, 9.17) is 14.6 Å². The predicted octanol–water partition coefficient (Wildman–Crippen LogP) is 3.07. The van der Waals surface area contributed by atoms with Crippen LogP contribution in [-0.4, -0.2) is 66.4 Å². The van der Waals surface area contributed by atoms with E-state index in [-0.39, 0.29) is 23.9 Å². The SMILES string of the molecule is O=C(O)C(F)(F)F.O=C([C@H]1C[C@@H]2CCN(c3cccc(F)c3)C[C@H]2O1)N1CCCC1. The number of hydrogen-bond donors (Lipinski definition) is 1. The number of hydrogen-bond acceptors (Lipinski definition) is 4.